The lowest BCUT2D eigenvalue weighted by atomic mass is 10.3. The molecule has 1 unspecified atom stereocenters. The summed E-state index contributed by atoms with van der Waals surface area (Å²) in [6, 6.07) is 11.7. The van der Waals surface area contributed by atoms with Crippen LogP contribution in [0.15, 0.2) is 46.7 Å². The number of rotatable bonds is 6. The van der Waals surface area contributed by atoms with Gasteiger partial charge in [0.25, 0.3) is 0 Å². The van der Waals surface area contributed by atoms with Crippen molar-refractivity contribution in [3.8, 4) is 0 Å². The SMILES string of the molecule is CCN(Cc1cccs1)C(=O)C(C)Sc1ccc(Cl)cc1. The normalized spacial score (nSPS) is 12.1. The number of hydrogen-bond acceptors (Lipinski definition) is 3. The number of hydrogen-bond donors (Lipinski definition) is 0. The molecule has 0 saturated carbocycles. The molecule has 0 aliphatic rings. The molecule has 1 amide bonds. The van der Waals surface area contributed by atoms with Crippen LogP contribution in [0.25, 0.3) is 0 Å². The molecule has 1 aromatic carbocycles. The van der Waals surface area contributed by atoms with E-state index in [9.17, 15) is 4.79 Å². The standard InChI is InChI=1S/C16H18ClNOS2/c1-3-18(11-15-5-4-10-20-15)16(19)12(2)21-14-8-6-13(17)7-9-14/h4-10,12H,3,11H2,1-2H3. The number of nitrogens with zero attached hydrogens (tertiary/aromatic N) is 1. The third-order valence-electron chi connectivity index (χ3n) is 3.09. The predicted octanol–water partition coefficient (Wildman–Crippen LogP) is 4.93. The van der Waals surface area contributed by atoms with Gasteiger partial charge in [0, 0.05) is 21.3 Å². The summed E-state index contributed by atoms with van der Waals surface area (Å²) in [5, 5.41) is 2.65. The second-order valence-electron chi connectivity index (χ2n) is 4.65. The molecule has 112 valence electrons. The van der Waals surface area contributed by atoms with Crippen molar-refractivity contribution in [3.63, 3.8) is 0 Å². The van der Waals surface area contributed by atoms with Gasteiger partial charge in [-0.2, -0.15) is 0 Å². The van der Waals surface area contributed by atoms with Crippen molar-refractivity contribution >= 4 is 40.6 Å². The number of thioether (sulfide) groups is 1. The van der Waals surface area contributed by atoms with E-state index in [0.29, 0.717) is 11.6 Å². The van der Waals surface area contributed by atoms with E-state index in [2.05, 4.69) is 6.07 Å². The number of carbonyl (C=O) groups is 1. The molecule has 21 heavy (non-hydrogen) atoms. The van der Waals surface area contributed by atoms with E-state index >= 15 is 0 Å². The fourth-order valence-corrected chi connectivity index (χ4v) is 3.76. The highest BCUT2D eigenvalue weighted by molar-refractivity contribution is 8.00. The summed E-state index contributed by atoms with van der Waals surface area (Å²) in [6.45, 7) is 5.39. The Morgan fingerprint density at radius 3 is 2.62 bits per heavy atom. The molecular weight excluding hydrogens is 322 g/mol. The number of halogens is 1. The quantitative estimate of drug-likeness (QED) is 0.695. The van der Waals surface area contributed by atoms with E-state index < -0.39 is 0 Å². The maximum absolute atomic E-state index is 12.6. The topological polar surface area (TPSA) is 20.3 Å². The van der Waals surface area contributed by atoms with E-state index in [0.717, 1.165) is 11.4 Å². The van der Waals surface area contributed by atoms with E-state index in [1.807, 2.05) is 54.5 Å². The van der Waals surface area contributed by atoms with E-state index in [-0.39, 0.29) is 11.2 Å². The third kappa shape index (κ3) is 4.77. The highest BCUT2D eigenvalue weighted by Crippen LogP contribution is 2.26. The summed E-state index contributed by atoms with van der Waals surface area (Å²) < 4.78 is 0. The van der Waals surface area contributed by atoms with Crippen LogP contribution in [0.5, 0.6) is 0 Å². The first kappa shape index (κ1) is 16.4. The molecule has 0 saturated heterocycles. The van der Waals surface area contributed by atoms with Crippen LogP contribution >= 0.6 is 34.7 Å². The Kier molecular flexibility index (Phi) is 6.15. The minimum Gasteiger partial charge on any atom is -0.337 e. The lowest BCUT2D eigenvalue weighted by Gasteiger charge is -2.23. The molecule has 0 N–H and O–H groups in total. The minimum atomic E-state index is -0.105. The van der Waals surface area contributed by atoms with Crippen LogP contribution in [0.2, 0.25) is 5.02 Å². The zero-order valence-electron chi connectivity index (χ0n) is 12.1. The molecule has 2 aromatic rings. The van der Waals surface area contributed by atoms with Gasteiger partial charge in [0.05, 0.1) is 11.8 Å². The van der Waals surface area contributed by atoms with E-state index in [1.54, 1.807) is 23.1 Å². The molecule has 0 fully saturated rings. The summed E-state index contributed by atoms with van der Waals surface area (Å²) in [7, 11) is 0. The molecule has 5 heteroatoms. The smallest absolute Gasteiger partial charge is 0.236 e. The van der Waals surface area contributed by atoms with Crippen molar-refractivity contribution in [3.05, 3.63) is 51.7 Å². The second-order valence-corrected chi connectivity index (χ2v) is 7.53. The Bertz CT molecular complexity index is 568. The van der Waals surface area contributed by atoms with Crippen LogP contribution in [0.4, 0.5) is 0 Å². The number of thiophene rings is 1. The molecule has 0 bridgehead atoms. The van der Waals surface area contributed by atoms with Gasteiger partial charge in [0.15, 0.2) is 0 Å². The summed E-state index contributed by atoms with van der Waals surface area (Å²) >= 11 is 9.14. The Hall–Kier alpha value is -0.970. The molecule has 0 radical (unpaired) electrons. The highest BCUT2D eigenvalue weighted by Gasteiger charge is 2.20. The monoisotopic (exact) mass is 339 g/mol. The van der Waals surface area contributed by atoms with Crippen LogP contribution < -0.4 is 0 Å². The fraction of sp³-hybridized carbons (Fsp3) is 0.312. The Balaban J connectivity index is 1.97. The number of carbonyl (C=O) groups excluding carboxylic acids is 1. The summed E-state index contributed by atoms with van der Waals surface area (Å²) in [5.74, 6) is 0.172. The van der Waals surface area contributed by atoms with Gasteiger partial charge in [-0.3, -0.25) is 4.79 Å². The summed E-state index contributed by atoms with van der Waals surface area (Å²) in [6.07, 6.45) is 0. The fourth-order valence-electron chi connectivity index (χ4n) is 1.96. The van der Waals surface area contributed by atoms with Crippen molar-refractivity contribution in [2.75, 3.05) is 6.54 Å². The van der Waals surface area contributed by atoms with Gasteiger partial charge < -0.3 is 4.90 Å². The van der Waals surface area contributed by atoms with Crippen molar-refractivity contribution in [1.82, 2.24) is 4.90 Å². The van der Waals surface area contributed by atoms with Gasteiger partial charge in [-0.1, -0.05) is 17.7 Å². The Morgan fingerprint density at radius 1 is 1.33 bits per heavy atom. The largest absolute Gasteiger partial charge is 0.337 e. The minimum absolute atomic E-state index is 0.105. The van der Waals surface area contributed by atoms with Crippen molar-refractivity contribution in [2.45, 2.75) is 30.5 Å². The first-order valence-electron chi connectivity index (χ1n) is 6.83. The summed E-state index contributed by atoms with van der Waals surface area (Å²) in [5.41, 5.74) is 0. The lowest BCUT2D eigenvalue weighted by molar-refractivity contribution is -0.130. The molecule has 2 nitrogen and oxygen atoms in total. The zero-order valence-corrected chi connectivity index (χ0v) is 14.5. The lowest BCUT2D eigenvalue weighted by Crippen LogP contribution is -2.35. The maximum atomic E-state index is 12.6. The molecular formula is C16H18ClNOS2. The zero-order chi connectivity index (χ0) is 15.2. The first-order chi connectivity index (χ1) is 10.1. The Labute approximate surface area is 139 Å². The van der Waals surface area contributed by atoms with Crippen LogP contribution in [-0.4, -0.2) is 22.6 Å². The van der Waals surface area contributed by atoms with Gasteiger partial charge in [0.2, 0.25) is 5.91 Å². The molecule has 1 aromatic heterocycles. The van der Waals surface area contributed by atoms with Gasteiger partial charge in [0.1, 0.15) is 0 Å². The summed E-state index contributed by atoms with van der Waals surface area (Å²) in [4.78, 5) is 16.7. The van der Waals surface area contributed by atoms with Crippen LogP contribution in [0.1, 0.15) is 18.7 Å². The molecule has 1 heterocycles. The molecule has 0 aliphatic carbocycles. The molecule has 1 atom stereocenters. The maximum Gasteiger partial charge on any atom is 0.236 e. The average Bonchev–Trinajstić information content (AvgIpc) is 2.99. The molecule has 2 rings (SSSR count). The van der Waals surface area contributed by atoms with Crippen LogP contribution in [0.3, 0.4) is 0 Å². The second kappa shape index (κ2) is 7.87. The van der Waals surface area contributed by atoms with E-state index in [4.69, 9.17) is 11.6 Å². The van der Waals surface area contributed by atoms with Crippen molar-refractivity contribution in [1.29, 1.82) is 0 Å². The Morgan fingerprint density at radius 2 is 2.05 bits per heavy atom. The average molecular weight is 340 g/mol. The van der Waals surface area contributed by atoms with Crippen molar-refractivity contribution < 1.29 is 4.79 Å². The first-order valence-corrected chi connectivity index (χ1v) is 8.97. The number of amides is 1. The third-order valence-corrected chi connectivity index (χ3v) is 5.31. The number of benzene rings is 1. The van der Waals surface area contributed by atoms with Crippen molar-refractivity contribution in [2.24, 2.45) is 0 Å². The van der Waals surface area contributed by atoms with E-state index in [1.165, 1.54) is 4.88 Å². The predicted molar refractivity (Wildman–Crippen MR) is 92.2 cm³/mol. The van der Waals surface area contributed by atoms with Gasteiger partial charge >= 0.3 is 0 Å². The van der Waals surface area contributed by atoms with Gasteiger partial charge in [-0.15, -0.1) is 23.1 Å². The molecule has 0 aliphatic heterocycles. The van der Waals surface area contributed by atoms with Crippen LogP contribution in [0, 0.1) is 0 Å². The van der Waals surface area contributed by atoms with Gasteiger partial charge in [-0.05, 0) is 49.6 Å². The molecule has 0 spiro atoms. The van der Waals surface area contributed by atoms with Crippen LogP contribution in [-0.2, 0) is 11.3 Å². The van der Waals surface area contributed by atoms with Gasteiger partial charge in [-0.25, -0.2) is 0 Å². The highest BCUT2D eigenvalue weighted by atomic mass is 35.5.